The number of rotatable bonds is 18. The Kier molecular flexibility index (Phi) is 16.3. The van der Waals surface area contributed by atoms with Crippen molar-refractivity contribution in [2.45, 2.75) is 70.1 Å². The minimum absolute atomic E-state index is 0.145. The highest BCUT2D eigenvalue weighted by Crippen LogP contribution is 2.08. The van der Waals surface area contributed by atoms with Gasteiger partial charge in [0, 0.05) is 13.0 Å². The average molecular weight is 403 g/mol. The fraction of sp³-hybridized carbons (Fsp3) is 0.833. The SMILES string of the molecule is N=C(N)CCCCCC(O)CC(=O)NC(O)C(=O)NCCCCNCCCN. The lowest BCUT2D eigenvalue weighted by molar-refractivity contribution is -0.137. The summed E-state index contributed by atoms with van der Waals surface area (Å²) in [6.45, 7) is 2.78. The van der Waals surface area contributed by atoms with Gasteiger partial charge in [-0.2, -0.15) is 0 Å². The molecule has 0 saturated carbocycles. The van der Waals surface area contributed by atoms with Crippen LogP contribution < -0.4 is 27.4 Å². The minimum Gasteiger partial charge on any atom is -0.393 e. The summed E-state index contributed by atoms with van der Waals surface area (Å²) in [6, 6.07) is 0. The number of hydrogen-bond donors (Lipinski definition) is 8. The maximum Gasteiger partial charge on any atom is 0.269 e. The molecule has 2 atom stereocenters. The molecule has 0 bridgehead atoms. The summed E-state index contributed by atoms with van der Waals surface area (Å²) in [6.07, 6.45) is 3.20. The Balaban J connectivity index is 3.73. The van der Waals surface area contributed by atoms with Crippen molar-refractivity contribution in [2.24, 2.45) is 11.5 Å². The lowest BCUT2D eigenvalue weighted by atomic mass is 10.1. The molecule has 28 heavy (non-hydrogen) atoms. The van der Waals surface area contributed by atoms with E-state index in [0.29, 0.717) is 32.4 Å². The van der Waals surface area contributed by atoms with E-state index in [-0.39, 0.29) is 12.3 Å². The van der Waals surface area contributed by atoms with Crippen LogP contribution in [0.2, 0.25) is 0 Å². The van der Waals surface area contributed by atoms with Crippen LogP contribution in [-0.4, -0.2) is 66.4 Å². The third-order valence-electron chi connectivity index (χ3n) is 4.09. The van der Waals surface area contributed by atoms with E-state index in [1.54, 1.807) is 0 Å². The zero-order valence-electron chi connectivity index (χ0n) is 16.7. The zero-order valence-corrected chi connectivity index (χ0v) is 16.7. The number of amidine groups is 1. The highest BCUT2D eigenvalue weighted by Gasteiger charge is 2.18. The van der Waals surface area contributed by atoms with Gasteiger partial charge in [-0.05, 0) is 51.7 Å². The number of aliphatic hydroxyl groups excluding tert-OH is 2. The molecule has 10 N–H and O–H groups in total. The lowest BCUT2D eigenvalue weighted by Gasteiger charge is -2.15. The summed E-state index contributed by atoms with van der Waals surface area (Å²) < 4.78 is 0. The van der Waals surface area contributed by atoms with Gasteiger partial charge < -0.3 is 37.6 Å². The van der Waals surface area contributed by atoms with E-state index in [0.717, 1.165) is 45.2 Å². The van der Waals surface area contributed by atoms with Crippen molar-refractivity contribution in [3.63, 3.8) is 0 Å². The first-order valence-electron chi connectivity index (χ1n) is 10.0. The van der Waals surface area contributed by atoms with E-state index in [1.807, 2.05) is 0 Å². The van der Waals surface area contributed by atoms with E-state index in [2.05, 4.69) is 16.0 Å². The second kappa shape index (κ2) is 17.4. The molecule has 0 saturated heterocycles. The molecule has 10 nitrogen and oxygen atoms in total. The monoisotopic (exact) mass is 402 g/mol. The van der Waals surface area contributed by atoms with Gasteiger partial charge in [-0.3, -0.25) is 15.0 Å². The number of amides is 2. The first-order chi connectivity index (χ1) is 13.4. The van der Waals surface area contributed by atoms with E-state index < -0.39 is 24.1 Å². The summed E-state index contributed by atoms with van der Waals surface area (Å²) in [5.74, 6) is -1.10. The van der Waals surface area contributed by atoms with Crippen LogP contribution in [0.5, 0.6) is 0 Å². The normalized spacial score (nSPS) is 13.0. The number of carbonyl (C=O) groups excluding carboxylic acids is 2. The van der Waals surface area contributed by atoms with Crippen molar-refractivity contribution in [3.8, 4) is 0 Å². The van der Waals surface area contributed by atoms with Crippen molar-refractivity contribution in [1.82, 2.24) is 16.0 Å². The van der Waals surface area contributed by atoms with Gasteiger partial charge >= 0.3 is 0 Å². The Morgan fingerprint density at radius 2 is 1.64 bits per heavy atom. The number of nitrogens with one attached hydrogen (secondary N) is 4. The molecule has 0 aliphatic carbocycles. The first kappa shape index (κ1) is 26.2. The topological polar surface area (TPSA) is 187 Å². The molecule has 0 rings (SSSR count). The molecule has 0 fully saturated rings. The van der Waals surface area contributed by atoms with Gasteiger partial charge in [0.2, 0.25) is 12.1 Å². The Labute approximate surface area is 167 Å². The molecular formula is C18H38N6O4. The van der Waals surface area contributed by atoms with E-state index in [1.165, 1.54) is 0 Å². The maximum absolute atomic E-state index is 11.8. The molecular weight excluding hydrogens is 364 g/mol. The highest BCUT2D eigenvalue weighted by molar-refractivity contribution is 5.86. The van der Waals surface area contributed by atoms with Gasteiger partial charge in [-0.15, -0.1) is 0 Å². The van der Waals surface area contributed by atoms with Gasteiger partial charge in [-0.1, -0.05) is 12.8 Å². The minimum atomic E-state index is -1.63. The summed E-state index contributed by atoms with van der Waals surface area (Å²) in [5, 5.41) is 34.6. The second-order valence-electron chi connectivity index (χ2n) is 6.84. The second-order valence-corrected chi connectivity index (χ2v) is 6.84. The molecule has 0 aliphatic heterocycles. The van der Waals surface area contributed by atoms with Crippen LogP contribution in [0.15, 0.2) is 0 Å². The standard InChI is InChI=1S/C18H38N6O4/c19-9-6-11-22-10-4-5-12-23-17(27)18(28)24-16(26)13-14(25)7-2-1-3-8-15(20)21/h14,18,22,25,28H,1-13,19H2,(H3,20,21)(H,23,27)(H,24,26). The third kappa shape index (κ3) is 16.4. The molecule has 0 heterocycles. The summed E-state index contributed by atoms with van der Waals surface area (Å²) in [5.41, 5.74) is 10.6. The predicted molar refractivity (Wildman–Crippen MR) is 109 cm³/mol. The Hall–Kier alpha value is -1.75. The van der Waals surface area contributed by atoms with E-state index in [9.17, 15) is 19.8 Å². The molecule has 0 aliphatic rings. The van der Waals surface area contributed by atoms with Crippen LogP contribution in [0.4, 0.5) is 0 Å². The van der Waals surface area contributed by atoms with Crippen molar-refractivity contribution >= 4 is 17.6 Å². The van der Waals surface area contributed by atoms with Gasteiger partial charge in [0.05, 0.1) is 18.4 Å². The van der Waals surface area contributed by atoms with Crippen LogP contribution in [-0.2, 0) is 9.59 Å². The molecule has 0 aromatic heterocycles. The van der Waals surface area contributed by atoms with Crippen LogP contribution in [0.25, 0.3) is 0 Å². The average Bonchev–Trinajstić information content (AvgIpc) is 2.62. The molecule has 164 valence electrons. The van der Waals surface area contributed by atoms with Crippen molar-refractivity contribution in [2.75, 3.05) is 26.2 Å². The number of aliphatic hydroxyl groups is 2. The lowest BCUT2D eigenvalue weighted by Crippen LogP contribution is -2.47. The maximum atomic E-state index is 11.8. The summed E-state index contributed by atoms with van der Waals surface area (Å²) in [7, 11) is 0. The van der Waals surface area contributed by atoms with Gasteiger partial charge in [-0.25, -0.2) is 0 Å². The number of hydrogen-bond acceptors (Lipinski definition) is 7. The highest BCUT2D eigenvalue weighted by atomic mass is 16.3. The van der Waals surface area contributed by atoms with Crippen LogP contribution >= 0.6 is 0 Å². The smallest absolute Gasteiger partial charge is 0.269 e. The molecule has 0 radical (unpaired) electrons. The van der Waals surface area contributed by atoms with Gasteiger partial charge in [0.15, 0.2) is 0 Å². The Morgan fingerprint density at radius 3 is 2.32 bits per heavy atom. The van der Waals surface area contributed by atoms with E-state index in [4.69, 9.17) is 16.9 Å². The molecule has 0 aromatic carbocycles. The summed E-state index contributed by atoms with van der Waals surface area (Å²) >= 11 is 0. The Morgan fingerprint density at radius 1 is 0.964 bits per heavy atom. The first-order valence-corrected chi connectivity index (χ1v) is 10.0. The molecule has 0 spiro atoms. The van der Waals surface area contributed by atoms with Gasteiger partial charge in [0.25, 0.3) is 5.91 Å². The fourth-order valence-electron chi connectivity index (χ4n) is 2.50. The zero-order chi connectivity index (χ0) is 21.2. The van der Waals surface area contributed by atoms with Crippen molar-refractivity contribution in [1.29, 1.82) is 5.41 Å². The largest absolute Gasteiger partial charge is 0.393 e. The fourth-order valence-corrected chi connectivity index (χ4v) is 2.50. The number of unbranched alkanes of at least 4 members (excludes halogenated alkanes) is 3. The summed E-state index contributed by atoms with van der Waals surface area (Å²) in [4.78, 5) is 23.5. The van der Waals surface area contributed by atoms with Crippen LogP contribution in [0, 0.1) is 5.41 Å². The third-order valence-corrected chi connectivity index (χ3v) is 4.09. The van der Waals surface area contributed by atoms with Gasteiger partial charge in [0.1, 0.15) is 0 Å². The number of nitrogens with two attached hydrogens (primary N) is 2. The van der Waals surface area contributed by atoms with Crippen LogP contribution in [0.1, 0.15) is 57.8 Å². The number of carbonyl (C=O) groups is 2. The Bertz CT molecular complexity index is 450. The molecule has 10 heteroatoms. The molecule has 2 amide bonds. The molecule has 2 unspecified atom stereocenters. The van der Waals surface area contributed by atoms with Crippen LogP contribution in [0.3, 0.4) is 0 Å². The predicted octanol–water partition coefficient (Wildman–Crippen LogP) is -1.11. The van der Waals surface area contributed by atoms with E-state index >= 15 is 0 Å². The quantitative estimate of drug-likeness (QED) is 0.0618. The molecule has 0 aromatic rings. The van der Waals surface area contributed by atoms with Crippen molar-refractivity contribution < 1.29 is 19.8 Å². The van der Waals surface area contributed by atoms with Crippen molar-refractivity contribution in [3.05, 3.63) is 0 Å².